The second kappa shape index (κ2) is 4.46. The number of alkyl halides is 4. The van der Waals surface area contributed by atoms with Crippen molar-refractivity contribution >= 4 is 5.69 Å². The van der Waals surface area contributed by atoms with Gasteiger partial charge in [-0.3, -0.25) is 0 Å². The topological polar surface area (TPSA) is 44.5 Å². The maximum Gasteiger partial charge on any atom is 0.461 e. The summed E-state index contributed by atoms with van der Waals surface area (Å²) < 4.78 is 57.5. The van der Waals surface area contributed by atoms with Crippen molar-refractivity contribution in [2.45, 2.75) is 12.5 Å². The molecule has 1 aromatic rings. The highest BCUT2D eigenvalue weighted by molar-refractivity contribution is 5.52. The summed E-state index contributed by atoms with van der Waals surface area (Å²) in [5, 5.41) is 0. The summed E-state index contributed by atoms with van der Waals surface area (Å²) in [5.74, 6) is -0.637. The Kier molecular flexibility index (Phi) is 3.46. The van der Waals surface area contributed by atoms with Gasteiger partial charge in [0.05, 0.1) is 7.11 Å². The molecule has 90 valence electrons. The lowest BCUT2D eigenvalue weighted by Gasteiger charge is -2.18. The van der Waals surface area contributed by atoms with Gasteiger partial charge in [-0.1, -0.05) is 0 Å². The predicted molar refractivity (Wildman–Crippen MR) is 49.0 cm³/mol. The molecule has 1 rings (SSSR count). The van der Waals surface area contributed by atoms with Crippen molar-refractivity contribution in [2.75, 3.05) is 12.8 Å². The molecular weight excluding hydrogens is 230 g/mol. The molecule has 0 radical (unpaired) electrons. The minimum atomic E-state index is -4.58. The number of halogens is 4. The molecule has 0 unspecified atom stereocenters. The first-order chi connectivity index (χ1) is 7.36. The van der Waals surface area contributed by atoms with Gasteiger partial charge >= 0.3 is 12.5 Å². The van der Waals surface area contributed by atoms with Gasteiger partial charge in [0.1, 0.15) is 0 Å². The number of nitrogens with two attached hydrogens (primary N) is 1. The molecule has 0 spiro atoms. The average molecular weight is 239 g/mol. The van der Waals surface area contributed by atoms with Crippen LogP contribution in [0.15, 0.2) is 18.2 Å². The van der Waals surface area contributed by atoms with E-state index in [1.165, 1.54) is 19.2 Å². The van der Waals surface area contributed by atoms with Gasteiger partial charge in [-0.15, -0.1) is 0 Å². The Labute approximate surface area is 88.8 Å². The van der Waals surface area contributed by atoms with Crippen molar-refractivity contribution in [1.29, 1.82) is 0 Å². The van der Waals surface area contributed by atoms with Gasteiger partial charge in [0, 0.05) is 11.8 Å². The highest BCUT2D eigenvalue weighted by atomic mass is 19.3. The van der Waals surface area contributed by atoms with Crippen molar-refractivity contribution < 1.29 is 27.0 Å². The second-order valence-corrected chi connectivity index (χ2v) is 2.87. The summed E-state index contributed by atoms with van der Waals surface area (Å²) in [6.07, 6.45) is -8.51. The van der Waals surface area contributed by atoms with E-state index < -0.39 is 18.3 Å². The van der Waals surface area contributed by atoms with E-state index in [1.54, 1.807) is 0 Å². The summed E-state index contributed by atoms with van der Waals surface area (Å²) in [5.41, 5.74) is 5.41. The van der Waals surface area contributed by atoms with Crippen LogP contribution in [-0.4, -0.2) is 19.6 Å². The predicted octanol–water partition coefficient (Wildman–Crippen LogP) is 2.51. The van der Waals surface area contributed by atoms with Crippen LogP contribution in [0, 0.1) is 0 Å². The Bertz CT molecular complexity index is 371. The molecule has 0 aliphatic rings. The van der Waals surface area contributed by atoms with Gasteiger partial charge in [0.25, 0.3) is 0 Å². The van der Waals surface area contributed by atoms with E-state index in [1.807, 2.05) is 0 Å². The zero-order valence-electron chi connectivity index (χ0n) is 8.22. The zero-order chi connectivity index (χ0) is 12.3. The first-order valence-electron chi connectivity index (χ1n) is 4.15. The Morgan fingerprint density at radius 3 is 2.38 bits per heavy atom. The van der Waals surface area contributed by atoms with Gasteiger partial charge in [-0.25, -0.2) is 0 Å². The van der Waals surface area contributed by atoms with Crippen LogP contribution in [0.25, 0.3) is 0 Å². The van der Waals surface area contributed by atoms with Crippen molar-refractivity contribution in [3.63, 3.8) is 0 Å². The van der Waals surface area contributed by atoms with Crippen molar-refractivity contribution in [3.05, 3.63) is 18.2 Å². The van der Waals surface area contributed by atoms with E-state index in [-0.39, 0.29) is 11.4 Å². The summed E-state index contributed by atoms with van der Waals surface area (Å²) >= 11 is 0. The number of methoxy groups -OCH3 is 1. The van der Waals surface area contributed by atoms with Crippen molar-refractivity contribution in [2.24, 2.45) is 0 Å². The summed E-state index contributed by atoms with van der Waals surface area (Å²) in [4.78, 5) is 0. The van der Waals surface area contributed by atoms with E-state index in [0.29, 0.717) is 0 Å². The van der Waals surface area contributed by atoms with Crippen LogP contribution >= 0.6 is 0 Å². The van der Waals surface area contributed by atoms with Crippen molar-refractivity contribution in [1.82, 2.24) is 0 Å². The Balaban J connectivity index is 2.99. The first-order valence-corrected chi connectivity index (χ1v) is 4.15. The van der Waals surface area contributed by atoms with Crippen LogP contribution in [0.5, 0.6) is 11.5 Å². The Hall–Kier alpha value is -1.66. The van der Waals surface area contributed by atoms with Gasteiger partial charge in [0.2, 0.25) is 0 Å². The van der Waals surface area contributed by atoms with Gasteiger partial charge in [0.15, 0.2) is 11.5 Å². The third kappa shape index (κ3) is 2.68. The highest BCUT2D eigenvalue weighted by Gasteiger charge is 2.44. The molecule has 3 nitrogen and oxygen atoms in total. The molecule has 0 amide bonds. The van der Waals surface area contributed by atoms with Gasteiger partial charge in [-0.2, -0.15) is 17.6 Å². The largest absolute Gasteiger partial charge is 0.493 e. The van der Waals surface area contributed by atoms with Crippen LogP contribution in [0.2, 0.25) is 0 Å². The molecule has 0 heterocycles. The molecule has 0 saturated carbocycles. The molecule has 1 aromatic carbocycles. The maximum atomic E-state index is 12.6. The molecule has 2 N–H and O–H groups in total. The highest BCUT2D eigenvalue weighted by Crippen LogP contribution is 2.35. The van der Waals surface area contributed by atoms with Crippen LogP contribution in [-0.2, 0) is 0 Å². The lowest BCUT2D eigenvalue weighted by Crippen LogP contribution is -2.33. The standard InChI is InChI=1S/C9H9F4NO2/c1-15-6-3-2-5(14)4-7(6)16-9(12,13)8(10)11/h2-4,8H,14H2,1H3. The molecule has 0 aliphatic heterocycles. The zero-order valence-corrected chi connectivity index (χ0v) is 8.22. The monoisotopic (exact) mass is 239 g/mol. The van der Waals surface area contributed by atoms with E-state index in [0.717, 1.165) is 6.07 Å². The Morgan fingerprint density at radius 2 is 1.88 bits per heavy atom. The van der Waals surface area contributed by atoms with Gasteiger partial charge < -0.3 is 15.2 Å². The molecule has 0 fully saturated rings. The van der Waals surface area contributed by atoms with Gasteiger partial charge in [-0.05, 0) is 12.1 Å². The van der Waals surface area contributed by atoms with Crippen LogP contribution in [0.1, 0.15) is 0 Å². The number of ether oxygens (including phenoxy) is 2. The average Bonchev–Trinajstić information content (AvgIpc) is 2.17. The van der Waals surface area contributed by atoms with Crippen molar-refractivity contribution in [3.8, 4) is 11.5 Å². The number of anilines is 1. The van der Waals surface area contributed by atoms with E-state index in [4.69, 9.17) is 5.73 Å². The summed E-state index contributed by atoms with van der Waals surface area (Å²) in [6, 6.07) is 3.59. The normalized spacial score (nSPS) is 11.6. The number of rotatable bonds is 4. The van der Waals surface area contributed by atoms with Crippen LogP contribution < -0.4 is 15.2 Å². The lowest BCUT2D eigenvalue weighted by atomic mass is 10.3. The fraction of sp³-hybridized carbons (Fsp3) is 0.333. The number of hydrogen-bond acceptors (Lipinski definition) is 3. The number of nitrogen functional groups attached to an aromatic ring is 1. The molecule has 0 aromatic heterocycles. The lowest BCUT2D eigenvalue weighted by molar-refractivity contribution is -0.253. The third-order valence-electron chi connectivity index (χ3n) is 1.69. The summed E-state index contributed by atoms with van der Waals surface area (Å²) in [7, 11) is 1.19. The molecule has 7 heteroatoms. The second-order valence-electron chi connectivity index (χ2n) is 2.87. The number of benzene rings is 1. The summed E-state index contributed by atoms with van der Waals surface area (Å²) in [6.45, 7) is 0. The minimum absolute atomic E-state index is 0.0980. The fourth-order valence-electron chi connectivity index (χ4n) is 0.964. The molecule has 0 aliphatic carbocycles. The quantitative estimate of drug-likeness (QED) is 0.648. The molecular formula is C9H9F4NO2. The maximum absolute atomic E-state index is 12.6. The van der Waals surface area contributed by atoms with Crippen LogP contribution in [0.4, 0.5) is 23.2 Å². The minimum Gasteiger partial charge on any atom is -0.493 e. The molecule has 0 saturated heterocycles. The van der Waals surface area contributed by atoms with Crippen LogP contribution in [0.3, 0.4) is 0 Å². The fourth-order valence-corrected chi connectivity index (χ4v) is 0.964. The smallest absolute Gasteiger partial charge is 0.461 e. The van der Waals surface area contributed by atoms with E-state index >= 15 is 0 Å². The molecule has 0 bridgehead atoms. The third-order valence-corrected chi connectivity index (χ3v) is 1.69. The van der Waals surface area contributed by atoms with E-state index in [2.05, 4.69) is 9.47 Å². The number of hydrogen-bond donors (Lipinski definition) is 1. The Morgan fingerprint density at radius 1 is 1.25 bits per heavy atom. The van der Waals surface area contributed by atoms with E-state index in [9.17, 15) is 17.6 Å². The SMILES string of the molecule is COc1ccc(N)cc1OC(F)(F)C(F)F. The molecule has 16 heavy (non-hydrogen) atoms. The molecule has 0 atom stereocenters. The first kappa shape index (κ1) is 12.4.